The highest BCUT2D eigenvalue weighted by Crippen LogP contribution is 2.24. The molecule has 15 heavy (non-hydrogen) atoms. The van der Waals surface area contributed by atoms with Crippen molar-refractivity contribution < 1.29 is 4.74 Å². The Morgan fingerprint density at radius 2 is 2.33 bits per heavy atom. The number of hydrogen-bond donors (Lipinski definition) is 1. The number of methoxy groups -OCH3 is 1. The van der Waals surface area contributed by atoms with Gasteiger partial charge in [0.1, 0.15) is 5.75 Å². The molecule has 2 nitrogen and oxygen atoms in total. The van der Waals surface area contributed by atoms with E-state index in [0.717, 1.165) is 28.6 Å². The first kappa shape index (κ1) is 12.3. The molecule has 1 aromatic rings. The molecular weight excluding hydrogens is 254 g/mol. The summed E-state index contributed by atoms with van der Waals surface area (Å²) in [6, 6.07) is 6.05. The summed E-state index contributed by atoms with van der Waals surface area (Å²) in [6.07, 6.45) is 3.46. The Morgan fingerprint density at radius 3 is 2.93 bits per heavy atom. The Balaban J connectivity index is 2.81. The van der Waals surface area contributed by atoms with Crippen molar-refractivity contribution in [2.24, 2.45) is 5.73 Å². The van der Waals surface area contributed by atoms with Crippen LogP contribution < -0.4 is 10.5 Å². The smallest absolute Gasteiger partial charge is 0.122 e. The minimum absolute atomic E-state index is 0.102. The predicted molar refractivity (Wildman–Crippen MR) is 67.2 cm³/mol. The van der Waals surface area contributed by atoms with Crippen LogP contribution in [-0.4, -0.2) is 13.2 Å². The first-order chi connectivity index (χ1) is 7.17. The standard InChI is InChI=1S/C12H16BrNO/c1-3-4-11(14)8-9-7-10(13)5-6-12(9)15-2/h3,5-7,11H,1,4,8,14H2,2H3. The summed E-state index contributed by atoms with van der Waals surface area (Å²) in [6.45, 7) is 3.68. The molecule has 1 rings (SSSR count). The number of ether oxygens (including phenoxy) is 1. The molecule has 0 saturated heterocycles. The predicted octanol–water partition coefficient (Wildman–Crippen LogP) is 2.90. The van der Waals surface area contributed by atoms with Crippen molar-refractivity contribution in [3.05, 3.63) is 40.9 Å². The molecule has 0 fully saturated rings. The third-order valence-electron chi connectivity index (χ3n) is 2.19. The van der Waals surface area contributed by atoms with E-state index in [1.54, 1.807) is 7.11 Å². The van der Waals surface area contributed by atoms with Gasteiger partial charge in [-0.1, -0.05) is 22.0 Å². The summed E-state index contributed by atoms with van der Waals surface area (Å²) < 4.78 is 6.32. The van der Waals surface area contributed by atoms with Crippen LogP contribution in [0.2, 0.25) is 0 Å². The Labute approximate surface area is 99.3 Å². The number of hydrogen-bond acceptors (Lipinski definition) is 2. The summed E-state index contributed by atoms with van der Waals surface area (Å²) in [5.74, 6) is 0.887. The molecule has 82 valence electrons. The SMILES string of the molecule is C=CCC(N)Cc1cc(Br)ccc1OC. The molecule has 0 spiro atoms. The monoisotopic (exact) mass is 269 g/mol. The van der Waals surface area contributed by atoms with E-state index >= 15 is 0 Å². The van der Waals surface area contributed by atoms with Crippen molar-refractivity contribution in [2.45, 2.75) is 18.9 Å². The fraction of sp³-hybridized carbons (Fsp3) is 0.333. The van der Waals surface area contributed by atoms with Gasteiger partial charge in [0.2, 0.25) is 0 Å². The maximum absolute atomic E-state index is 5.95. The summed E-state index contributed by atoms with van der Waals surface area (Å²) in [4.78, 5) is 0. The third-order valence-corrected chi connectivity index (χ3v) is 2.69. The van der Waals surface area contributed by atoms with Crippen molar-refractivity contribution >= 4 is 15.9 Å². The molecular formula is C12H16BrNO. The molecule has 0 aliphatic rings. The Bertz CT molecular complexity index is 338. The van der Waals surface area contributed by atoms with Crippen LogP contribution in [0.15, 0.2) is 35.3 Å². The largest absolute Gasteiger partial charge is 0.496 e. The van der Waals surface area contributed by atoms with Gasteiger partial charge >= 0.3 is 0 Å². The highest BCUT2D eigenvalue weighted by atomic mass is 79.9. The average molecular weight is 270 g/mol. The molecule has 0 aliphatic heterocycles. The fourth-order valence-electron chi connectivity index (χ4n) is 1.49. The van der Waals surface area contributed by atoms with Crippen LogP contribution in [0.4, 0.5) is 0 Å². The molecule has 0 saturated carbocycles. The lowest BCUT2D eigenvalue weighted by atomic mass is 10.0. The maximum Gasteiger partial charge on any atom is 0.122 e. The topological polar surface area (TPSA) is 35.2 Å². The quantitative estimate of drug-likeness (QED) is 0.835. The van der Waals surface area contributed by atoms with E-state index in [1.807, 2.05) is 24.3 Å². The van der Waals surface area contributed by atoms with Crippen LogP contribution in [0.3, 0.4) is 0 Å². The Morgan fingerprint density at radius 1 is 1.60 bits per heavy atom. The van der Waals surface area contributed by atoms with Crippen LogP contribution >= 0.6 is 15.9 Å². The molecule has 1 aromatic carbocycles. The van der Waals surface area contributed by atoms with Crippen molar-refractivity contribution in [1.29, 1.82) is 0 Å². The Kier molecular flexibility index (Phi) is 4.85. The van der Waals surface area contributed by atoms with Gasteiger partial charge in [-0.25, -0.2) is 0 Å². The molecule has 0 aliphatic carbocycles. The first-order valence-electron chi connectivity index (χ1n) is 4.86. The van der Waals surface area contributed by atoms with E-state index in [4.69, 9.17) is 10.5 Å². The highest BCUT2D eigenvalue weighted by Gasteiger charge is 2.08. The molecule has 3 heteroatoms. The molecule has 0 heterocycles. The maximum atomic E-state index is 5.95. The molecule has 2 N–H and O–H groups in total. The lowest BCUT2D eigenvalue weighted by Gasteiger charge is -2.13. The van der Waals surface area contributed by atoms with E-state index in [9.17, 15) is 0 Å². The number of rotatable bonds is 5. The van der Waals surface area contributed by atoms with E-state index in [-0.39, 0.29) is 6.04 Å². The Hall–Kier alpha value is -0.800. The summed E-state index contributed by atoms with van der Waals surface area (Å²) in [5.41, 5.74) is 7.07. The molecule has 0 aromatic heterocycles. The zero-order chi connectivity index (χ0) is 11.3. The average Bonchev–Trinajstić information content (AvgIpc) is 2.18. The van der Waals surface area contributed by atoms with Gasteiger partial charge in [-0.2, -0.15) is 0 Å². The second-order valence-electron chi connectivity index (χ2n) is 3.44. The zero-order valence-electron chi connectivity index (χ0n) is 8.87. The van der Waals surface area contributed by atoms with Gasteiger partial charge in [-0.3, -0.25) is 0 Å². The van der Waals surface area contributed by atoms with Crippen LogP contribution in [0, 0.1) is 0 Å². The van der Waals surface area contributed by atoms with Crippen molar-refractivity contribution in [2.75, 3.05) is 7.11 Å². The summed E-state index contributed by atoms with van der Waals surface area (Å²) >= 11 is 3.44. The second kappa shape index (κ2) is 5.93. The van der Waals surface area contributed by atoms with Crippen LogP contribution in [-0.2, 0) is 6.42 Å². The van der Waals surface area contributed by atoms with E-state index in [0.29, 0.717) is 0 Å². The van der Waals surface area contributed by atoms with E-state index in [1.165, 1.54) is 0 Å². The van der Waals surface area contributed by atoms with Crippen LogP contribution in [0.5, 0.6) is 5.75 Å². The highest BCUT2D eigenvalue weighted by molar-refractivity contribution is 9.10. The summed E-state index contributed by atoms with van der Waals surface area (Å²) in [7, 11) is 1.67. The minimum atomic E-state index is 0.102. The fourth-order valence-corrected chi connectivity index (χ4v) is 1.90. The van der Waals surface area contributed by atoms with E-state index < -0.39 is 0 Å². The van der Waals surface area contributed by atoms with Gasteiger partial charge in [-0.15, -0.1) is 6.58 Å². The number of nitrogens with two attached hydrogens (primary N) is 1. The zero-order valence-corrected chi connectivity index (χ0v) is 10.5. The van der Waals surface area contributed by atoms with Crippen LogP contribution in [0.1, 0.15) is 12.0 Å². The molecule has 0 radical (unpaired) electrons. The van der Waals surface area contributed by atoms with Gasteiger partial charge in [0.15, 0.2) is 0 Å². The third kappa shape index (κ3) is 3.68. The van der Waals surface area contributed by atoms with Gasteiger partial charge in [-0.05, 0) is 36.6 Å². The summed E-state index contributed by atoms with van der Waals surface area (Å²) in [5, 5.41) is 0. The van der Waals surface area contributed by atoms with Crippen molar-refractivity contribution in [3.8, 4) is 5.75 Å². The molecule has 0 amide bonds. The molecule has 0 bridgehead atoms. The number of halogens is 1. The molecule has 1 atom stereocenters. The number of benzene rings is 1. The van der Waals surface area contributed by atoms with Gasteiger partial charge < -0.3 is 10.5 Å². The van der Waals surface area contributed by atoms with Gasteiger partial charge in [0, 0.05) is 10.5 Å². The minimum Gasteiger partial charge on any atom is -0.496 e. The lowest BCUT2D eigenvalue weighted by molar-refractivity contribution is 0.408. The first-order valence-corrected chi connectivity index (χ1v) is 5.65. The lowest BCUT2D eigenvalue weighted by Crippen LogP contribution is -2.22. The van der Waals surface area contributed by atoms with Gasteiger partial charge in [0.05, 0.1) is 7.11 Å². The normalized spacial score (nSPS) is 12.2. The van der Waals surface area contributed by atoms with Crippen molar-refractivity contribution in [3.63, 3.8) is 0 Å². The van der Waals surface area contributed by atoms with Crippen molar-refractivity contribution in [1.82, 2.24) is 0 Å². The second-order valence-corrected chi connectivity index (χ2v) is 4.36. The molecule has 1 unspecified atom stereocenters. The van der Waals surface area contributed by atoms with Gasteiger partial charge in [0.25, 0.3) is 0 Å². The van der Waals surface area contributed by atoms with Crippen LogP contribution in [0.25, 0.3) is 0 Å². The van der Waals surface area contributed by atoms with E-state index in [2.05, 4.69) is 22.5 Å².